The van der Waals surface area contributed by atoms with Crippen LogP contribution in [0.2, 0.25) is 0 Å². The summed E-state index contributed by atoms with van der Waals surface area (Å²) in [6.07, 6.45) is 3.49. The quantitative estimate of drug-likeness (QED) is 0.530. The van der Waals surface area contributed by atoms with Gasteiger partial charge >= 0.3 is 0 Å². The van der Waals surface area contributed by atoms with E-state index in [2.05, 4.69) is 4.98 Å². The lowest BCUT2D eigenvalue weighted by Gasteiger charge is -1.76. The first-order chi connectivity index (χ1) is 3.84. The molecule has 0 atom stereocenters. The van der Waals surface area contributed by atoms with Crippen LogP contribution in [0.25, 0.3) is 0 Å². The number of nitrogens with one attached hydrogen (secondary N) is 1. The van der Waals surface area contributed by atoms with Crippen molar-refractivity contribution in [2.75, 3.05) is 0 Å². The molecule has 1 aromatic heterocycles. The zero-order valence-corrected chi connectivity index (χ0v) is 4.60. The van der Waals surface area contributed by atoms with E-state index in [1.807, 2.05) is 13.0 Å². The number of nitriles is 1. The van der Waals surface area contributed by atoms with E-state index in [9.17, 15) is 0 Å². The van der Waals surface area contributed by atoms with E-state index < -0.39 is 0 Å². The highest BCUT2D eigenvalue weighted by Gasteiger charge is 1.92. The van der Waals surface area contributed by atoms with Crippen LogP contribution in [0.5, 0.6) is 0 Å². The Kier molecular flexibility index (Phi) is 1.05. The van der Waals surface area contributed by atoms with Crippen LogP contribution >= 0.6 is 0 Å². The van der Waals surface area contributed by atoms with E-state index in [-0.39, 0.29) is 0 Å². The molecule has 0 aliphatic rings. The molecule has 1 N–H and O–H groups in total. The van der Waals surface area contributed by atoms with Crippen molar-refractivity contribution in [3.63, 3.8) is 0 Å². The van der Waals surface area contributed by atoms with Gasteiger partial charge in [0, 0.05) is 12.4 Å². The first-order valence-corrected chi connectivity index (χ1v) is 2.38. The highest BCUT2D eigenvalue weighted by molar-refractivity contribution is 5.33. The minimum Gasteiger partial charge on any atom is -0.366 e. The third-order valence-electron chi connectivity index (χ3n) is 1.07. The predicted molar refractivity (Wildman–Crippen MR) is 30.2 cm³/mol. The molecule has 0 saturated carbocycles. The molecule has 8 heavy (non-hydrogen) atoms. The maximum Gasteiger partial charge on any atom is 0.101 e. The van der Waals surface area contributed by atoms with Gasteiger partial charge in [-0.1, -0.05) is 0 Å². The first kappa shape index (κ1) is 4.92. The molecule has 40 valence electrons. The molecule has 0 amide bonds. The van der Waals surface area contributed by atoms with Gasteiger partial charge < -0.3 is 4.98 Å². The lowest BCUT2D eigenvalue weighted by atomic mass is 10.2. The standard InChI is InChI=1S/C6H6N2/c1-5-3-8-4-6(5)2-7/h3-4,8H,1H3. The van der Waals surface area contributed by atoms with Crippen molar-refractivity contribution in [2.24, 2.45) is 0 Å². The predicted octanol–water partition coefficient (Wildman–Crippen LogP) is 1.19. The van der Waals surface area contributed by atoms with E-state index in [1.165, 1.54) is 0 Å². The number of hydrogen-bond acceptors (Lipinski definition) is 1. The molecule has 0 aliphatic heterocycles. The van der Waals surface area contributed by atoms with Gasteiger partial charge in [-0.2, -0.15) is 5.26 Å². The van der Waals surface area contributed by atoms with Crippen LogP contribution in [0.3, 0.4) is 0 Å². The van der Waals surface area contributed by atoms with Crippen molar-refractivity contribution in [1.29, 1.82) is 5.26 Å². The Labute approximate surface area is 47.8 Å². The van der Waals surface area contributed by atoms with Crippen LogP contribution in [0, 0.1) is 18.3 Å². The molecule has 0 aliphatic carbocycles. The van der Waals surface area contributed by atoms with E-state index in [0.717, 1.165) is 11.1 Å². The van der Waals surface area contributed by atoms with Crippen molar-refractivity contribution in [3.8, 4) is 6.07 Å². The number of aromatic nitrogens is 1. The SMILES string of the molecule is Cc1c[nH]cc1C#N. The molecule has 0 bridgehead atoms. The normalized spacial score (nSPS) is 8.50. The van der Waals surface area contributed by atoms with E-state index in [4.69, 9.17) is 5.26 Å². The van der Waals surface area contributed by atoms with Gasteiger partial charge in [0.1, 0.15) is 6.07 Å². The number of aromatic amines is 1. The summed E-state index contributed by atoms with van der Waals surface area (Å²) in [5.41, 5.74) is 1.73. The number of nitrogens with zero attached hydrogens (tertiary/aromatic N) is 1. The molecule has 0 aromatic carbocycles. The minimum atomic E-state index is 0.727. The van der Waals surface area contributed by atoms with E-state index in [0.29, 0.717) is 0 Å². The van der Waals surface area contributed by atoms with Gasteiger partial charge in [-0.25, -0.2) is 0 Å². The van der Waals surface area contributed by atoms with Gasteiger partial charge in [0.05, 0.1) is 5.56 Å². The van der Waals surface area contributed by atoms with E-state index in [1.54, 1.807) is 12.4 Å². The van der Waals surface area contributed by atoms with Crippen molar-refractivity contribution < 1.29 is 0 Å². The van der Waals surface area contributed by atoms with Crippen molar-refractivity contribution >= 4 is 0 Å². The van der Waals surface area contributed by atoms with Crippen LogP contribution in [0.1, 0.15) is 11.1 Å². The topological polar surface area (TPSA) is 39.6 Å². The van der Waals surface area contributed by atoms with Gasteiger partial charge in [0.15, 0.2) is 0 Å². The molecular weight excluding hydrogens is 100 g/mol. The van der Waals surface area contributed by atoms with Crippen LogP contribution in [0.15, 0.2) is 12.4 Å². The van der Waals surface area contributed by atoms with Gasteiger partial charge in [-0.15, -0.1) is 0 Å². The lowest BCUT2D eigenvalue weighted by molar-refractivity contribution is 1.39. The van der Waals surface area contributed by atoms with Crippen molar-refractivity contribution in [2.45, 2.75) is 6.92 Å². The smallest absolute Gasteiger partial charge is 0.101 e. The number of H-pyrrole nitrogens is 1. The van der Waals surface area contributed by atoms with Crippen LogP contribution in [-0.2, 0) is 0 Å². The largest absolute Gasteiger partial charge is 0.366 e. The van der Waals surface area contributed by atoms with Crippen molar-refractivity contribution in [3.05, 3.63) is 23.5 Å². The summed E-state index contributed by atoms with van der Waals surface area (Å²) in [4.78, 5) is 2.83. The second-order valence-electron chi connectivity index (χ2n) is 1.66. The molecule has 2 heteroatoms. The second-order valence-corrected chi connectivity index (χ2v) is 1.66. The molecule has 1 aromatic rings. The highest BCUT2D eigenvalue weighted by atomic mass is 14.6. The summed E-state index contributed by atoms with van der Waals surface area (Å²) >= 11 is 0. The maximum atomic E-state index is 8.34. The maximum absolute atomic E-state index is 8.34. The Balaban J connectivity index is 3.15. The van der Waals surface area contributed by atoms with Gasteiger partial charge in [0.25, 0.3) is 0 Å². The Morgan fingerprint density at radius 2 is 2.38 bits per heavy atom. The summed E-state index contributed by atoms with van der Waals surface area (Å²) in [6, 6.07) is 2.04. The third kappa shape index (κ3) is 0.584. The zero-order chi connectivity index (χ0) is 5.98. The second kappa shape index (κ2) is 1.71. The summed E-state index contributed by atoms with van der Waals surface area (Å²) in [7, 11) is 0. The lowest BCUT2D eigenvalue weighted by Crippen LogP contribution is -1.67. The molecule has 0 radical (unpaired) electrons. The summed E-state index contributed by atoms with van der Waals surface area (Å²) in [5.74, 6) is 0. The van der Waals surface area contributed by atoms with Crippen molar-refractivity contribution in [1.82, 2.24) is 4.98 Å². The molecule has 1 rings (SSSR count). The minimum absolute atomic E-state index is 0.727. The molecule has 1 heterocycles. The van der Waals surface area contributed by atoms with E-state index >= 15 is 0 Å². The number of hydrogen-bond donors (Lipinski definition) is 1. The fourth-order valence-corrected chi connectivity index (χ4v) is 0.562. The fourth-order valence-electron chi connectivity index (χ4n) is 0.562. The Hall–Kier alpha value is -1.23. The molecule has 0 unspecified atom stereocenters. The molecular formula is C6H6N2. The van der Waals surface area contributed by atoms with Crippen LogP contribution in [0.4, 0.5) is 0 Å². The Morgan fingerprint density at radius 3 is 2.62 bits per heavy atom. The number of rotatable bonds is 0. The first-order valence-electron chi connectivity index (χ1n) is 2.38. The number of aryl methyl sites for hydroxylation is 1. The summed E-state index contributed by atoms with van der Waals surface area (Å²) < 4.78 is 0. The molecule has 0 saturated heterocycles. The average Bonchev–Trinajstić information content (AvgIpc) is 2.14. The summed E-state index contributed by atoms with van der Waals surface area (Å²) in [5, 5.41) is 8.34. The van der Waals surface area contributed by atoms with Crippen LogP contribution in [-0.4, -0.2) is 4.98 Å². The molecule has 0 fully saturated rings. The molecule has 2 nitrogen and oxygen atoms in total. The Bertz CT molecular complexity index is 217. The van der Waals surface area contributed by atoms with Gasteiger partial charge in [-0.05, 0) is 12.5 Å². The van der Waals surface area contributed by atoms with Gasteiger partial charge in [0.2, 0.25) is 0 Å². The Morgan fingerprint density at radius 1 is 1.62 bits per heavy atom. The average molecular weight is 106 g/mol. The summed E-state index contributed by atoms with van der Waals surface area (Å²) in [6.45, 7) is 1.90. The van der Waals surface area contributed by atoms with Gasteiger partial charge in [-0.3, -0.25) is 0 Å². The van der Waals surface area contributed by atoms with Crippen LogP contribution < -0.4 is 0 Å². The molecule has 0 spiro atoms. The zero-order valence-electron chi connectivity index (χ0n) is 4.60. The fraction of sp³-hybridized carbons (Fsp3) is 0.167. The monoisotopic (exact) mass is 106 g/mol. The third-order valence-corrected chi connectivity index (χ3v) is 1.07. The highest BCUT2D eigenvalue weighted by Crippen LogP contribution is 2.01.